The number of rotatable bonds is 4. The van der Waals surface area contributed by atoms with Crippen molar-refractivity contribution in [2.75, 3.05) is 19.0 Å². The lowest BCUT2D eigenvalue weighted by atomic mass is 9.74. The van der Waals surface area contributed by atoms with Crippen molar-refractivity contribution in [2.24, 2.45) is 5.73 Å². The second-order valence-electron chi connectivity index (χ2n) is 4.38. The summed E-state index contributed by atoms with van der Waals surface area (Å²) in [7, 11) is 1.74. The molecule has 0 atom stereocenters. The van der Waals surface area contributed by atoms with Gasteiger partial charge in [-0.3, -0.25) is 0 Å². The normalized spacial score (nSPS) is 28.6. The molecule has 0 heterocycles. The minimum absolute atomic E-state index is 0.00545. The van der Waals surface area contributed by atoms with E-state index >= 15 is 0 Å². The molecule has 0 aliphatic heterocycles. The molecule has 0 radical (unpaired) electrons. The number of halogens is 1. The van der Waals surface area contributed by atoms with Crippen molar-refractivity contribution < 1.29 is 4.74 Å². The van der Waals surface area contributed by atoms with Crippen LogP contribution in [0, 0.1) is 0 Å². The second-order valence-corrected chi connectivity index (χ2v) is 4.82. The quantitative estimate of drug-likeness (QED) is 0.849. The van der Waals surface area contributed by atoms with Gasteiger partial charge >= 0.3 is 0 Å². The molecule has 2 rings (SSSR count). The van der Waals surface area contributed by atoms with Crippen molar-refractivity contribution in [3.63, 3.8) is 0 Å². The topological polar surface area (TPSA) is 47.3 Å². The molecule has 0 amide bonds. The lowest BCUT2D eigenvalue weighted by Gasteiger charge is -2.47. The molecule has 16 heavy (non-hydrogen) atoms. The number of hydrogen-bond acceptors (Lipinski definition) is 3. The molecular formula is C12H17ClN2O. The van der Waals surface area contributed by atoms with Gasteiger partial charge in [0.2, 0.25) is 0 Å². The molecule has 1 aliphatic rings. The minimum Gasteiger partial charge on any atom is -0.381 e. The highest BCUT2D eigenvalue weighted by atomic mass is 35.5. The minimum atomic E-state index is -0.00545. The van der Waals surface area contributed by atoms with Crippen LogP contribution >= 0.6 is 11.6 Å². The highest BCUT2D eigenvalue weighted by Gasteiger charge is 2.43. The molecule has 88 valence electrons. The van der Waals surface area contributed by atoms with Gasteiger partial charge in [0.25, 0.3) is 0 Å². The molecule has 1 aromatic rings. The van der Waals surface area contributed by atoms with E-state index in [1.165, 1.54) is 0 Å². The van der Waals surface area contributed by atoms with Crippen LogP contribution in [0.15, 0.2) is 24.3 Å². The maximum atomic E-state index is 5.84. The predicted octanol–water partition coefficient (Wildman–Crippen LogP) is 2.26. The van der Waals surface area contributed by atoms with E-state index in [-0.39, 0.29) is 5.54 Å². The highest BCUT2D eigenvalue weighted by molar-refractivity contribution is 6.30. The number of hydrogen-bond donors (Lipinski definition) is 2. The first kappa shape index (κ1) is 11.7. The van der Waals surface area contributed by atoms with Crippen LogP contribution in [0.2, 0.25) is 5.02 Å². The molecule has 0 saturated heterocycles. The fourth-order valence-corrected chi connectivity index (χ4v) is 2.26. The van der Waals surface area contributed by atoms with Gasteiger partial charge in [-0.05, 0) is 37.1 Å². The molecule has 1 aromatic carbocycles. The SMILES string of the molecule is COC1CC(CN)(Nc2ccc(Cl)cc2)C1. The molecule has 1 fully saturated rings. The smallest absolute Gasteiger partial charge is 0.0616 e. The third-order valence-electron chi connectivity index (χ3n) is 3.21. The van der Waals surface area contributed by atoms with Crippen molar-refractivity contribution in [3.05, 3.63) is 29.3 Å². The Hall–Kier alpha value is -0.770. The molecule has 3 N–H and O–H groups in total. The Morgan fingerprint density at radius 1 is 1.44 bits per heavy atom. The average Bonchev–Trinajstić information content (AvgIpc) is 2.26. The maximum absolute atomic E-state index is 5.84. The van der Waals surface area contributed by atoms with Gasteiger partial charge in [0.1, 0.15) is 0 Å². The Bertz CT molecular complexity index is 347. The largest absolute Gasteiger partial charge is 0.381 e. The van der Waals surface area contributed by atoms with Gasteiger partial charge in [0, 0.05) is 24.4 Å². The van der Waals surface area contributed by atoms with E-state index in [2.05, 4.69) is 5.32 Å². The molecular weight excluding hydrogens is 224 g/mol. The predicted molar refractivity (Wildman–Crippen MR) is 66.9 cm³/mol. The van der Waals surface area contributed by atoms with Crippen molar-refractivity contribution in [1.82, 2.24) is 0 Å². The molecule has 4 heteroatoms. The Kier molecular flexibility index (Phi) is 3.38. The van der Waals surface area contributed by atoms with Crippen LogP contribution in [-0.4, -0.2) is 25.3 Å². The van der Waals surface area contributed by atoms with Crippen LogP contribution in [0.3, 0.4) is 0 Å². The van der Waals surface area contributed by atoms with Gasteiger partial charge in [-0.2, -0.15) is 0 Å². The van der Waals surface area contributed by atoms with E-state index in [0.29, 0.717) is 12.6 Å². The van der Waals surface area contributed by atoms with Crippen LogP contribution in [-0.2, 0) is 4.74 Å². The second kappa shape index (κ2) is 4.62. The number of methoxy groups -OCH3 is 1. The number of anilines is 1. The molecule has 1 saturated carbocycles. The molecule has 0 unspecified atom stereocenters. The Labute approximate surface area is 101 Å². The first-order valence-electron chi connectivity index (χ1n) is 5.44. The number of nitrogens with one attached hydrogen (secondary N) is 1. The number of nitrogens with two attached hydrogens (primary N) is 1. The Balaban J connectivity index is 2.00. The zero-order valence-corrected chi connectivity index (χ0v) is 10.1. The molecule has 3 nitrogen and oxygen atoms in total. The fraction of sp³-hybridized carbons (Fsp3) is 0.500. The van der Waals surface area contributed by atoms with Gasteiger partial charge in [0.05, 0.1) is 11.6 Å². The number of benzene rings is 1. The van der Waals surface area contributed by atoms with E-state index in [4.69, 9.17) is 22.1 Å². The summed E-state index contributed by atoms with van der Waals surface area (Å²) < 4.78 is 5.28. The summed E-state index contributed by atoms with van der Waals surface area (Å²) in [5, 5.41) is 4.22. The summed E-state index contributed by atoms with van der Waals surface area (Å²) in [5.74, 6) is 0. The first-order chi connectivity index (χ1) is 7.67. The van der Waals surface area contributed by atoms with Crippen LogP contribution in [0.1, 0.15) is 12.8 Å². The van der Waals surface area contributed by atoms with E-state index in [9.17, 15) is 0 Å². The molecule has 0 bridgehead atoms. The van der Waals surface area contributed by atoms with Crippen molar-refractivity contribution in [3.8, 4) is 0 Å². The summed E-state index contributed by atoms with van der Waals surface area (Å²) in [5.41, 5.74) is 6.87. The van der Waals surface area contributed by atoms with Gasteiger partial charge in [-0.1, -0.05) is 11.6 Å². The number of ether oxygens (including phenoxy) is 1. The Morgan fingerprint density at radius 3 is 2.56 bits per heavy atom. The third-order valence-corrected chi connectivity index (χ3v) is 3.47. The van der Waals surface area contributed by atoms with Crippen molar-refractivity contribution in [1.29, 1.82) is 0 Å². The van der Waals surface area contributed by atoms with E-state index in [1.54, 1.807) is 7.11 Å². The van der Waals surface area contributed by atoms with Crippen LogP contribution in [0.4, 0.5) is 5.69 Å². The van der Waals surface area contributed by atoms with Gasteiger partial charge < -0.3 is 15.8 Å². The van der Waals surface area contributed by atoms with Crippen LogP contribution in [0.25, 0.3) is 0 Å². The molecule has 0 aromatic heterocycles. The maximum Gasteiger partial charge on any atom is 0.0616 e. The lowest BCUT2D eigenvalue weighted by molar-refractivity contribution is -0.00244. The monoisotopic (exact) mass is 240 g/mol. The zero-order chi connectivity index (χ0) is 11.6. The summed E-state index contributed by atoms with van der Waals surface area (Å²) in [4.78, 5) is 0. The first-order valence-corrected chi connectivity index (χ1v) is 5.82. The fourth-order valence-electron chi connectivity index (χ4n) is 2.14. The van der Waals surface area contributed by atoms with Crippen LogP contribution in [0.5, 0.6) is 0 Å². The summed E-state index contributed by atoms with van der Waals surface area (Å²) >= 11 is 5.84. The molecule has 1 aliphatic carbocycles. The van der Waals surface area contributed by atoms with Crippen molar-refractivity contribution in [2.45, 2.75) is 24.5 Å². The van der Waals surface area contributed by atoms with Gasteiger partial charge in [-0.25, -0.2) is 0 Å². The van der Waals surface area contributed by atoms with Gasteiger partial charge in [-0.15, -0.1) is 0 Å². The highest BCUT2D eigenvalue weighted by Crippen LogP contribution is 2.36. The van der Waals surface area contributed by atoms with Crippen LogP contribution < -0.4 is 11.1 Å². The third kappa shape index (κ3) is 2.32. The summed E-state index contributed by atoms with van der Waals surface area (Å²) in [6, 6.07) is 7.70. The van der Waals surface area contributed by atoms with Gasteiger partial charge in [0.15, 0.2) is 0 Å². The van der Waals surface area contributed by atoms with Crippen molar-refractivity contribution >= 4 is 17.3 Å². The van der Waals surface area contributed by atoms with E-state index in [0.717, 1.165) is 23.6 Å². The Morgan fingerprint density at radius 2 is 2.06 bits per heavy atom. The summed E-state index contributed by atoms with van der Waals surface area (Å²) in [6.07, 6.45) is 2.26. The molecule has 0 spiro atoms. The summed E-state index contributed by atoms with van der Waals surface area (Å²) in [6.45, 7) is 0.621. The average molecular weight is 241 g/mol. The standard InChI is InChI=1S/C12H17ClN2O/c1-16-11-6-12(7-11,8-14)15-10-4-2-9(13)3-5-10/h2-5,11,15H,6-8,14H2,1H3. The zero-order valence-electron chi connectivity index (χ0n) is 9.37. The van der Waals surface area contributed by atoms with E-state index < -0.39 is 0 Å². The van der Waals surface area contributed by atoms with E-state index in [1.807, 2.05) is 24.3 Å². The lowest BCUT2D eigenvalue weighted by Crippen LogP contribution is -2.58.